The number of benzene rings is 1. The maximum atomic E-state index is 9.51. The van der Waals surface area contributed by atoms with Crippen molar-refractivity contribution in [1.82, 2.24) is 0 Å². The van der Waals surface area contributed by atoms with Crippen LogP contribution in [0.15, 0.2) is 18.2 Å². The number of methoxy groups -OCH3 is 1. The fourth-order valence-corrected chi connectivity index (χ4v) is 1.72. The Balaban J connectivity index is 2.93. The second-order valence-corrected chi connectivity index (χ2v) is 4.32. The minimum atomic E-state index is -0.464. The molecule has 0 bridgehead atoms. The van der Waals surface area contributed by atoms with Gasteiger partial charge in [-0.2, -0.15) is 0 Å². The molecule has 0 saturated carbocycles. The minimum absolute atomic E-state index is 0.295. The van der Waals surface area contributed by atoms with Gasteiger partial charge >= 0.3 is 0 Å². The number of hydrogen-bond donors (Lipinski definition) is 2. The van der Waals surface area contributed by atoms with Crippen LogP contribution in [0, 0.1) is 0 Å². The van der Waals surface area contributed by atoms with Crippen LogP contribution in [0.1, 0.15) is 30.9 Å². The molecule has 0 radical (unpaired) electrons. The zero-order valence-electron chi connectivity index (χ0n) is 10.2. The topological polar surface area (TPSA) is 55.5 Å². The van der Waals surface area contributed by atoms with Gasteiger partial charge in [-0.05, 0) is 29.5 Å². The van der Waals surface area contributed by atoms with E-state index in [9.17, 15) is 5.11 Å². The van der Waals surface area contributed by atoms with Crippen LogP contribution >= 0.6 is 0 Å². The summed E-state index contributed by atoms with van der Waals surface area (Å²) in [5.74, 6) is 1.31. The fraction of sp³-hybridized carbons (Fsp3) is 0.538. The predicted molar refractivity (Wildman–Crippen MR) is 65.8 cm³/mol. The number of ether oxygens (including phenoxy) is 1. The standard InChI is InChI=1S/C13H21NO2/c1-9(2)12-7-10(6-11(15)8-14)4-5-13(12)16-3/h4-5,7,9,11,15H,6,8,14H2,1-3H3. The molecule has 3 N–H and O–H groups in total. The third kappa shape index (κ3) is 3.22. The van der Waals surface area contributed by atoms with Gasteiger partial charge in [-0.3, -0.25) is 0 Å². The Bertz CT molecular complexity index is 337. The lowest BCUT2D eigenvalue weighted by Crippen LogP contribution is -2.22. The number of nitrogens with two attached hydrogens (primary N) is 1. The Kier molecular flexibility index (Phi) is 4.77. The van der Waals surface area contributed by atoms with E-state index in [1.165, 1.54) is 5.56 Å². The zero-order chi connectivity index (χ0) is 12.1. The molecular formula is C13H21NO2. The van der Waals surface area contributed by atoms with Gasteiger partial charge < -0.3 is 15.6 Å². The van der Waals surface area contributed by atoms with Gasteiger partial charge in [-0.25, -0.2) is 0 Å². The summed E-state index contributed by atoms with van der Waals surface area (Å²) < 4.78 is 5.31. The van der Waals surface area contributed by atoms with Gasteiger partial charge in [-0.1, -0.05) is 26.0 Å². The van der Waals surface area contributed by atoms with Crippen LogP contribution in [0.2, 0.25) is 0 Å². The molecule has 0 fully saturated rings. The van der Waals surface area contributed by atoms with Crippen molar-refractivity contribution in [3.05, 3.63) is 29.3 Å². The van der Waals surface area contributed by atoms with Gasteiger partial charge in [-0.15, -0.1) is 0 Å². The predicted octanol–water partition coefficient (Wildman–Crippen LogP) is 1.68. The summed E-state index contributed by atoms with van der Waals surface area (Å²) in [6, 6.07) is 6.01. The lowest BCUT2D eigenvalue weighted by Gasteiger charge is -2.14. The molecule has 1 aromatic rings. The summed E-state index contributed by atoms with van der Waals surface area (Å²) in [4.78, 5) is 0. The van der Waals surface area contributed by atoms with Gasteiger partial charge in [0.2, 0.25) is 0 Å². The monoisotopic (exact) mass is 223 g/mol. The highest BCUT2D eigenvalue weighted by Crippen LogP contribution is 2.27. The zero-order valence-corrected chi connectivity index (χ0v) is 10.2. The molecule has 0 aliphatic carbocycles. The maximum Gasteiger partial charge on any atom is 0.122 e. The molecule has 0 spiro atoms. The third-order valence-corrected chi connectivity index (χ3v) is 2.66. The molecule has 0 aliphatic heterocycles. The van der Waals surface area contributed by atoms with Crippen molar-refractivity contribution in [1.29, 1.82) is 0 Å². The lowest BCUT2D eigenvalue weighted by molar-refractivity contribution is 0.183. The SMILES string of the molecule is COc1ccc(CC(O)CN)cc1C(C)C. The second-order valence-electron chi connectivity index (χ2n) is 4.32. The average molecular weight is 223 g/mol. The molecule has 90 valence electrons. The molecule has 0 heterocycles. The van der Waals surface area contributed by atoms with Crippen molar-refractivity contribution in [3.63, 3.8) is 0 Å². The highest BCUT2D eigenvalue weighted by molar-refractivity contribution is 5.39. The summed E-state index contributed by atoms with van der Waals surface area (Å²) in [5, 5.41) is 9.51. The molecule has 0 aliphatic rings. The van der Waals surface area contributed by atoms with Crippen LogP contribution in [-0.2, 0) is 6.42 Å². The van der Waals surface area contributed by atoms with Gasteiger partial charge in [0.15, 0.2) is 0 Å². The van der Waals surface area contributed by atoms with Crippen molar-refractivity contribution in [2.45, 2.75) is 32.3 Å². The minimum Gasteiger partial charge on any atom is -0.496 e. The van der Waals surface area contributed by atoms with E-state index in [2.05, 4.69) is 19.9 Å². The Hall–Kier alpha value is -1.06. The van der Waals surface area contributed by atoms with E-state index in [0.29, 0.717) is 18.9 Å². The number of aliphatic hydroxyl groups excluding tert-OH is 1. The largest absolute Gasteiger partial charge is 0.496 e. The van der Waals surface area contributed by atoms with E-state index in [0.717, 1.165) is 11.3 Å². The van der Waals surface area contributed by atoms with Gasteiger partial charge in [0.25, 0.3) is 0 Å². The number of rotatable bonds is 5. The summed E-state index contributed by atoms with van der Waals surface area (Å²) in [6.45, 7) is 4.55. The lowest BCUT2D eigenvalue weighted by atomic mass is 9.97. The molecule has 16 heavy (non-hydrogen) atoms. The normalized spacial score (nSPS) is 12.9. The second kappa shape index (κ2) is 5.87. The summed E-state index contributed by atoms with van der Waals surface area (Å²) in [6.07, 6.45) is 0.133. The summed E-state index contributed by atoms with van der Waals surface area (Å²) in [5.41, 5.74) is 7.67. The van der Waals surface area contributed by atoms with Crippen LogP contribution in [0.25, 0.3) is 0 Å². The van der Waals surface area contributed by atoms with Crippen molar-refractivity contribution >= 4 is 0 Å². The maximum absolute atomic E-state index is 9.51. The highest BCUT2D eigenvalue weighted by Gasteiger charge is 2.10. The summed E-state index contributed by atoms with van der Waals surface area (Å²) in [7, 11) is 1.68. The molecule has 3 heteroatoms. The highest BCUT2D eigenvalue weighted by atomic mass is 16.5. The van der Waals surface area contributed by atoms with Crippen LogP contribution in [0.3, 0.4) is 0 Å². The molecule has 0 amide bonds. The van der Waals surface area contributed by atoms with E-state index in [1.807, 2.05) is 12.1 Å². The van der Waals surface area contributed by atoms with Crippen LogP contribution in [-0.4, -0.2) is 24.9 Å². The molecule has 0 aromatic heterocycles. The first-order valence-electron chi connectivity index (χ1n) is 5.63. The average Bonchev–Trinajstić information content (AvgIpc) is 2.28. The Morgan fingerprint density at radius 1 is 1.38 bits per heavy atom. The van der Waals surface area contributed by atoms with E-state index in [-0.39, 0.29) is 0 Å². The Morgan fingerprint density at radius 3 is 2.56 bits per heavy atom. The van der Waals surface area contributed by atoms with E-state index in [1.54, 1.807) is 7.11 Å². The first kappa shape index (κ1) is 13.0. The van der Waals surface area contributed by atoms with E-state index >= 15 is 0 Å². The molecular weight excluding hydrogens is 202 g/mol. The van der Waals surface area contributed by atoms with Crippen molar-refractivity contribution in [2.75, 3.05) is 13.7 Å². The Labute approximate surface area is 97.2 Å². The summed E-state index contributed by atoms with van der Waals surface area (Å²) >= 11 is 0. The first-order chi connectivity index (χ1) is 7.58. The first-order valence-corrected chi connectivity index (χ1v) is 5.63. The quantitative estimate of drug-likeness (QED) is 0.798. The van der Waals surface area contributed by atoms with Crippen molar-refractivity contribution < 1.29 is 9.84 Å². The molecule has 0 saturated heterocycles. The van der Waals surface area contributed by atoms with Crippen LogP contribution < -0.4 is 10.5 Å². The number of hydrogen-bond acceptors (Lipinski definition) is 3. The van der Waals surface area contributed by atoms with Crippen LogP contribution in [0.5, 0.6) is 5.75 Å². The van der Waals surface area contributed by atoms with Crippen molar-refractivity contribution in [3.8, 4) is 5.75 Å². The van der Waals surface area contributed by atoms with Gasteiger partial charge in [0.1, 0.15) is 5.75 Å². The van der Waals surface area contributed by atoms with E-state index in [4.69, 9.17) is 10.5 Å². The Morgan fingerprint density at radius 2 is 2.06 bits per heavy atom. The fourth-order valence-electron chi connectivity index (χ4n) is 1.72. The smallest absolute Gasteiger partial charge is 0.122 e. The number of aliphatic hydroxyl groups is 1. The van der Waals surface area contributed by atoms with Crippen LogP contribution in [0.4, 0.5) is 0 Å². The molecule has 1 rings (SSSR count). The van der Waals surface area contributed by atoms with Gasteiger partial charge in [0, 0.05) is 6.54 Å². The van der Waals surface area contributed by atoms with E-state index < -0.39 is 6.10 Å². The van der Waals surface area contributed by atoms with Crippen molar-refractivity contribution in [2.24, 2.45) is 5.73 Å². The molecule has 1 unspecified atom stereocenters. The van der Waals surface area contributed by atoms with Gasteiger partial charge in [0.05, 0.1) is 13.2 Å². The molecule has 3 nitrogen and oxygen atoms in total. The molecule has 1 aromatic carbocycles. The third-order valence-electron chi connectivity index (χ3n) is 2.66. The molecule has 1 atom stereocenters.